The number of nitriles is 1. The number of sulfonamides is 1. The lowest BCUT2D eigenvalue weighted by Gasteiger charge is -2.10. The van der Waals surface area contributed by atoms with E-state index in [-0.39, 0.29) is 15.6 Å². The van der Waals surface area contributed by atoms with Crippen molar-refractivity contribution >= 4 is 33.2 Å². The summed E-state index contributed by atoms with van der Waals surface area (Å²) in [5, 5.41) is 17.8. The number of anilines is 1. The van der Waals surface area contributed by atoms with Crippen LogP contribution in [-0.4, -0.2) is 19.7 Å². The van der Waals surface area contributed by atoms with Gasteiger partial charge in [-0.05, 0) is 42.3 Å². The predicted molar refractivity (Wildman–Crippen MR) is 105 cm³/mol. The molecule has 7 nitrogen and oxygen atoms in total. The van der Waals surface area contributed by atoms with Crippen LogP contribution in [0.25, 0.3) is 10.4 Å². The van der Waals surface area contributed by atoms with Gasteiger partial charge in [0.2, 0.25) is 5.06 Å². The van der Waals surface area contributed by atoms with Crippen LogP contribution in [0.1, 0.15) is 11.1 Å². The topological polar surface area (TPSA) is 116 Å². The molecule has 0 fully saturated rings. The molecule has 28 heavy (non-hydrogen) atoms. The van der Waals surface area contributed by atoms with Gasteiger partial charge >= 0.3 is 6.16 Å². The number of hydrogen-bond donors (Lipinski definition) is 2. The summed E-state index contributed by atoms with van der Waals surface area (Å²) in [6.45, 7) is 1.67. The molecule has 0 bridgehead atoms. The van der Waals surface area contributed by atoms with Crippen molar-refractivity contribution in [3.8, 4) is 21.6 Å². The zero-order chi connectivity index (χ0) is 20.3. The maximum atomic E-state index is 12.7. The van der Waals surface area contributed by atoms with Crippen LogP contribution in [0.5, 0.6) is 5.06 Å². The van der Waals surface area contributed by atoms with E-state index in [9.17, 15) is 13.2 Å². The van der Waals surface area contributed by atoms with Gasteiger partial charge in [-0.3, -0.25) is 4.72 Å². The fraction of sp³-hybridized carbons (Fsp3) is 0.0526. The highest BCUT2D eigenvalue weighted by molar-refractivity contribution is 7.92. The van der Waals surface area contributed by atoms with E-state index in [0.717, 1.165) is 11.3 Å². The lowest BCUT2D eigenvalue weighted by molar-refractivity contribution is 0.146. The van der Waals surface area contributed by atoms with E-state index in [1.165, 1.54) is 12.1 Å². The molecule has 0 aliphatic carbocycles. The maximum Gasteiger partial charge on any atom is 0.512 e. The molecule has 0 spiro atoms. The Balaban J connectivity index is 2.01. The first-order chi connectivity index (χ1) is 13.3. The molecule has 1 aromatic heterocycles. The Bertz CT molecular complexity index is 1180. The van der Waals surface area contributed by atoms with Crippen LogP contribution in [-0.2, 0) is 10.0 Å². The summed E-state index contributed by atoms with van der Waals surface area (Å²) >= 11 is 0.982. The number of carboxylic acid groups (broad SMARTS) is 1. The number of aryl methyl sites for hydroxylation is 1. The van der Waals surface area contributed by atoms with Gasteiger partial charge < -0.3 is 9.84 Å². The molecule has 0 atom stereocenters. The molecule has 2 N–H and O–H groups in total. The zero-order valence-corrected chi connectivity index (χ0v) is 16.2. The molecule has 0 saturated carbocycles. The Kier molecular flexibility index (Phi) is 5.35. The maximum absolute atomic E-state index is 12.7. The Hall–Kier alpha value is -3.35. The fourth-order valence-corrected chi connectivity index (χ4v) is 4.84. The van der Waals surface area contributed by atoms with Crippen molar-refractivity contribution in [2.75, 3.05) is 4.72 Å². The summed E-state index contributed by atoms with van der Waals surface area (Å²) in [6.07, 6.45) is -1.55. The number of carbonyl (C=O) groups is 1. The third-order valence-electron chi connectivity index (χ3n) is 3.80. The minimum absolute atomic E-state index is 0.0232. The van der Waals surface area contributed by atoms with E-state index >= 15 is 0 Å². The number of thiophene rings is 1. The summed E-state index contributed by atoms with van der Waals surface area (Å²) in [4.78, 5) is 11.7. The number of ether oxygens (including phenoxy) is 1. The molecule has 0 aliphatic rings. The van der Waals surface area contributed by atoms with E-state index in [1.807, 2.05) is 6.07 Å². The average molecular weight is 414 g/mol. The SMILES string of the molecule is Cc1ccccc1S(=O)(=O)Nc1cc(-c2ccc(C#N)cc2)sc1OC(=O)O. The molecule has 0 radical (unpaired) electrons. The normalized spacial score (nSPS) is 10.9. The van der Waals surface area contributed by atoms with Crippen LogP contribution >= 0.6 is 11.3 Å². The number of nitrogens with one attached hydrogen (secondary N) is 1. The Morgan fingerprint density at radius 2 is 1.86 bits per heavy atom. The number of benzene rings is 2. The molecule has 9 heteroatoms. The molecule has 0 amide bonds. The Morgan fingerprint density at radius 1 is 1.18 bits per heavy atom. The van der Waals surface area contributed by atoms with Gasteiger partial charge in [-0.2, -0.15) is 5.26 Å². The van der Waals surface area contributed by atoms with E-state index in [0.29, 0.717) is 21.6 Å². The highest BCUT2D eigenvalue weighted by Crippen LogP contribution is 2.42. The first-order valence-corrected chi connectivity index (χ1v) is 10.2. The van der Waals surface area contributed by atoms with Crippen LogP contribution in [0.4, 0.5) is 10.5 Å². The van der Waals surface area contributed by atoms with Crippen LogP contribution in [0.15, 0.2) is 59.5 Å². The largest absolute Gasteiger partial charge is 0.512 e. The quantitative estimate of drug-likeness (QED) is 0.596. The van der Waals surface area contributed by atoms with Gasteiger partial charge in [0, 0.05) is 4.88 Å². The van der Waals surface area contributed by atoms with E-state index in [2.05, 4.69) is 4.72 Å². The van der Waals surface area contributed by atoms with E-state index in [4.69, 9.17) is 15.1 Å². The zero-order valence-electron chi connectivity index (χ0n) is 14.5. The molecular weight excluding hydrogens is 400 g/mol. The highest BCUT2D eigenvalue weighted by atomic mass is 32.2. The first-order valence-electron chi connectivity index (χ1n) is 7.94. The molecule has 3 aromatic rings. The van der Waals surface area contributed by atoms with Crippen molar-refractivity contribution < 1.29 is 23.1 Å². The van der Waals surface area contributed by atoms with Crippen molar-refractivity contribution in [1.29, 1.82) is 5.26 Å². The van der Waals surface area contributed by atoms with Crippen LogP contribution in [0.3, 0.4) is 0 Å². The van der Waals surface area contributed by atoms with E-state index in [1.54, 1.807) is 49.4 Å². The van der Waals surface area contributed by atoms with Crippen molar-refractivity contribution in [1.82, 2.24) is 0 Å². The molecule has 1 heterocycles. The van der Waals surface area contributed by atoms with Gasteiger partial charge in [0.15, 0.2) is 0 Å². The summed E-state index contributed by atoms with van der Waals surface area (Å²) in [5.41, 5.74) is 1.75. The molecule has 142 valence electrons. The molecule has 0 saturated heterocycles. The minimum atomic E-state index is -3.94. The monoisotopic (exact) mass is 414 g/mol. The molecule has 0 aliphatic heterocycles. The van der Waals surface area contributed by atoms with Crippen molar-refractivity contribution in [2.24, 2.45) is 0 Å². The molecule has 0 unspecified atom stereocenters. The van der Waals surface area contributed by atoms with Gasteiger partial charge in [0.1, 0.15) is 5.69 Å². The molecule has 3 rings (SSSR count). The molecular formula is C19H14N2O5S2. The van der Waals surface area contributed by atoms with Gasteiger partial charge in [0.05, 0.1) is 16.5 Å². The highest BCUT2D eigenvalue weighted by Gasteiger charge is 2.22. The Labute approximate surface area is 165 Å². The summed E-state index contributed by atoms with van der Waals surface area (Å²) in [6, 6.07) is 16.6. The van der Waals surface area contributed by atoms with Gasteiger partial charge in [0.25, 0.3) is 10.0 Å². The van der Waals surface area contributed by atoms with Gasteiger partial charge in [-0.15, -0.1) is 0 Å². The van der Waals surface area contributed by atoms with Crippen molar-refractivity contribution in [3.63, 3.8) is 0 Å². The third kappa shape index (κ3) is 4.14. The second-order valence-electron chi connectivity index (χ2n) is 5.74. The Morgan fingerprint density at radius 3 is 2.46 bits per heavy atom. The average Bonchev–Trinajstić information content (AvgIpc) is 3.03. The third-order valence-corrected chi connectivity index (χ3v) is 6.39. The number of nitrogens with zero attached hydrogens (tertiary/aromatic N) is 1. The van der Waals surface area contributed by atoms with Crippen molar-refractivity contribution in [3.05, 3.63) is 65.7 Å². The minimum Gasteiger partial charge on any atom is -0.449 e. The second kappa shape index (κ2) is 7.72. The van der Waals surface area contributed by atoms with Crippen LogP contribution in [0.2, 0.25) is 0 Å². The van der Waals surface area contributed by atoms with Gasteiger partial charge in [-0.25, -0.2) is 13.2 Å². The smallest absolute Gasteiger partial charge is 0.449 e. The van der Waals surface area contributed by atoms with Crippen LogP contribution < -0.4 is 9.46 Å². The number of hydrogen-bond acceptors (Lipinski definition) is 6. The fourth-order valence-electron chi connectivity index (χ4n) is 2.51. The second-order valence-corrected chi connectivity index (χ2v) is 8.41. The lowest BCUT2D eigenvalue weighted by atomic mass is 10.1. The molecule has 2 aromatic carbocycles. The predicted octanol–water partition coefficient (Wildman–Crippen LogP) is 4.45. The summed E-state index contributed by atoms with van der Waals surface area (Å²) in [5.74, 6) is 0. The van der Waals surface area contributed by atoms with Crippen LogP contribution in [0, 0.1) is 18.3 Å². The summed E-state index contributed by atoms with van der Waals surface area (Å²) in [7, 11) is -3.94. The lowest BCUT2D eigenvalue weighted by Crippen LogP contribution is -2.15. The standard InChI is InChI=1S/C19H14N2O5S2/c1-12-4-2-3-5-17(12)28(24,25)21-15-10-16(27-18(15)26-19(22)23)14-8-6-13(11-20)7-9-14/h2-10,21H,1H3,(H,22,23). The van der Waals surface area contributed by atoms with Gasteiger partial charge in [-0.1, -0.05) is 41.7 Å². The van der Waals surface area contributed by atoms with E-state index < -0.39 is 16.2 Å². The first kappa shape index (κ1) is 19.4. The summed E-state index contributed by atoms with van der Waals surface area (Å²) < 4.78 is 32.7. The van der Waals surface area contributed by atoms with Crippen molar-refractivity contribution in [2.45, 2.75) is 11.8 Å². The number of rotatable bonds is 5.